The van der Waals surface area contributed by atoms with Gasteiger partial charge in [-0.3, -0.25) is 0 Å². The molecule has 0 bridgehead atoms. The number of halogens is 2. The minimum atomic E-state index is -1.39. The quantitative estimate of drug-likeness (QED) is 0.794. The zero-order valence-corrected chi connectivity index (χ0v) is 10.3. The molecule has 0 radical (unpaired) electrons. The minimum Gasteiger partial charge on any atom is -0.478 e. The van der Waals surface area contributed by atoms with Crippen molar-refractivity contribution in [2.75, 3.05) is 0 Å². The number of fused-ring (bicyclic) bond motifs is 1. The third kappa shape index (κ3) is 2.55. The predicted molar refractivity (Wildman–Crippen MR) is 63.0 cm³/mol. The van der Waals surface area contributed by atoms with Crippen LogP contribution in [0, 0.1) is 11.6 Å². The van der Waals surface area contributed by atoms with E-state index < -0.39 is 28.8 Å². The maximum Gasteiger partial charge on any atom is 0.338 e. The molecule has 0 aliphatic carbocycles. The van der Waals surface area contributed by atoms with Crippen molar-refractivity contribution in [1.82, 2.24) is 9.97 Å². The fraction of sp³-hybridized carbons (Fsp3) is 0.333. The number of carbonyl (C=O) groups is 1. The number of rotatable bonds is 3. The number of hydrogen-bond acceptors (Lipinski definition) is 3. The molecule has 0 spiro atoms. The average Bonchev–Trinajstić information content (AvgIpc) is 2.64. The molecular weight excluding hydrogens is 258 g/mol. The monoisotopic (exact) mass is 270 g/mol. The first-order valence-electron chi connectivity index (χ1n) is 5.51. The van der Waals surface area contributed by atoms with Crippen molar-refractivity contribution in [3.8, 4) is 0 Å². The lowest BCUT2D eigenvalue weighted by Crippen LogP contribution is -2.22. The third-order valence-corrected chi connectivity index (χ3v) is 2.54. The Balaban J connectivity index is 2.66. The molecule has 1 aromatic heterocycles. The van der Waals surface area contributed by atoms with Crippen LogP contribution in [0.3, 0.4) is 0 Å². The molecule has 1 aromatic carbocycles. The molecule has 2 rings (SSSR count). The van der Waals surface area contributed by atoms with Crippen LogP contribution in [-0.2, 0) is 6.42 Å². The van der Waals surface area contributed by atoms with Crippen molar-refractivity contribution in [2.45, 2.75) is 25.9 Å². The van der Waals surface area contributed by atoms with Gasteiger partial charge in [0.2, 0.25) is 0 Å². The highest BCUT2D eigenvalue weighted by molar-refractivity contribution is 6.01. The van der Waals surface area contributed by atoms with Gasteiger partial charge >= 0.3 is 5.97 Å². The Hall–Kier alpha value is -2.02. The van der Waals surface area contributed by atoms with Crippen LogP contribution >= 0.6 is 0 Å². The molecule has 0 aliphatic rings. The number of aliphatic hydroxyl groups is 1. The van der Waals surface area contributed by atoms with Crippen LogP contribution in [0.5, 0.6) is 0 Å². The van der Waals surface area contributed by atoms with Gasteiger partial charge in [0.05, 0.1) is 16.7 Å². The molecule has 0 aliphatic heterocycles. The molecule has 0 saturated carbocycles. The average molecular weight is 270 g/mol. The van der Waals surface area contributed by atoms with E-state index in [-0.39, 0.29) is 23.3 Å². The summed E-state index contributed by atoms with van der Waals surface area (Å²) in [4.78, 5) is 17.4. The summed E-state index contributed by atoms with van der Waals surface area (Å²) in [6.45, 7) is 3.05. The van der Waals surface area contributed by atoms with Crippen molar-refractivity contribution in [3.05, 3.63) is 29.1 Å². The highest BCUT2D eigenvalue weighted by Gasteiger charge is 2.22. The number of carboxylic acids is 1. The van der Waals surface area contributed by atoms with Crippen LogP contribution in [0.1, 0.15) is 30.0 Å². The molecule has 1 heterocycles. The minimum absolute atomic E-state index is 0.0573. The van der Waals surface area contributed by atoms with E-state index in [2.05, 4.69) is 9.97 Å². The van der Waals surface area contributed by atoms with Crippen LogP contribution in [0.2, 0.25) is 0 Å². The Morgan fingerprint density at radius 2 is 2.11 bits per heavy atom. The van der Waals surface area contributed by atoms with Gasteiger partial charge in [-0.15, -0.1) is 0 Å². The Kier molecular flexibility index (Phi) is 3.01. The maximum absolute atomic E-state index is 13.6. The number of aromatic carboxylic acids is 1. The fourth-order valence-electron chi connectivity index (χ4n) is 1.81. The Morgan fingerprint density at radius 3 is 2.63 bits per heavy atom. The molecule has 5 nitrogen and oxygen atoms in total. The Morgan fingerprint density at radius 1 is 1.47 bits per heavy atom. The summed E-state index contributed by atoms with van der Waals surface area (Å²) in [5.74, 6) is -3.68. The van der Waals surface area contributed by atoms with E-state index >= 15 is 0 Å². The molecule has 0 saturated heterocycles. The maximum atomic E-state index is 13.6. The number of aromatic amines is 1. The number of nitrogens with zero attached hydrogens (tertiary/aromatic N) is 1. The molecule has 0 atom stereocenters. The fourth-order valence-corrected chi connectivity index (χ4v) is 1.81. The van der Waals surface area contributed by atoms with E-state index in [0.717, 1.165) is 0 Å². The van der Waals surface area contributed by atoms with Crippen molar-refractivity contribution < 1.29 is 23.8 Å². The van der Waals surface area contributed by atoms with Crippen molar-refractivity contribution in [2.24, 2.45) is 0 Å². The summed E-state index contributed by atoms with van der Waals surface area (Å²) >= 11 is 0. The van der Waals surface area contributed by atoms with E-state index in [4.69, 9.17) is 5.11 Å². The SMILES string of the molecule is CC(C)(O)Cc1nc2c(F)c(F)cc(C(=O)O)c2[nH]1. The van der Waals surface area contributed by atoms with Crippen molar-refractivity contribution in [1.29, 1.82) is 0 Å². The number of benzene rings is 1. The summed E-state index contributed by atoms with van der Waals surface area (Å²) < 4.78 is 26.8. The highest BCUT2D eigenvalue weighted by Crippen LogP contribution is 2.24. The molecule has 102 valence electrons. The van der Waals surface area contributed by atoms with Gasteiger partial charge in [0, 0.05) is 6.42 Å². The van der Waals surface area contributed by atoms with Gasteiger partial charge < -0.3 is 15.2 Å². The number of nitrogens with one attached hydrogen (secondary N) is 1. The van der Waals surface area contributed by atoms with Gasteiger partial charge in [-0.25, -0.2) is 18.6 Å². The first-order valence-corrected chi connectivity index (χ1v) is 5.51. The van der Waals surface area contributed by atoms with Crippen molar-refractivity contribution >= 4 is 17.0 Å². The second-order valence-corrected chi connectivity index (χ2v) is 4.92. The van der Waals surface area contributed by atoms with Gasteiger partial charge in [0.1, 0.15) is 11.3 Å². The number of hydrogen-bond donors (Lipinski definition) is 3. The second-order valence-electron chi connectivity index (χ2n) is 4.92. The standard InChI is InChI=1S/C12H12F2N2O3/c1-12(2,19)4-7-15-9-5(11(17)18)3-6(13)8(14)10(9)16-7/h3,19H,4H2,1-2H3,(H,15,16)(H,17,18). The van der Waals surface area contributed by atoms with E-state index in [1.54, 1.807) is 0 Å². The van der Waals surface area contributed by atoms with Crippen LogP contribution in [-0.4, -0.2) is 31.8 Å². The number of carboxylic acid groups (broad SMARTS) is 1. The predicted octanol–water partition coefficient (Wildman–Crippen LogP) is 1.85. The van der Waals surface area contributed by atoms with Gasteiger partial charge in [0.25, 0.3) is 0 Å². The normalized spacial score (nSPS) is 12.1. The third-order valence-electron chi connectivity index (χ3n) is 2.54. The van der Waals surface area contributed by atoms with E-state index in [9.17, 15) is 18.7 Å². The molecule has 3 N–H and O–H groups in total. The number of aromatic nitrogens is 2. The van der Waals surface area contributed by atoms with Gasteiger partial charge in [0.15, 0.2) is 11.6 Å². The molecule has 7 heteroatoms. The topological polar surface area (TPSA) is 86.2 Å². The van der Waals surface area contributed by atoms with Crippen LogP contribution < -0.4 is 0 Å². The molecule has 19 heavy (non-hydrogen) atoms. The molecule has 0 amide bonds. The van der Waals surface area contributed by atoms with Crippen LogP contribution in [0.25, 0.3) is 11.0 Å². The summed E-state index contributed by atoms with van der Waals surface area (Å²) in [6.07, 6.45) is 0.0573. The van der Waals surface area contributed by atoms with E-state index in [1.807, 2.05) is 0 Å². The van der Waals surface area contributed by atoms with E-state index in [1.165, 1.54) is 13.8 Å². The van der Waals surface area contributed by atoms with Crippen molar-refractivity contribution in [3.63, 3.8) is 0 Å². The largest absolute Gasteiger partial charge is 0.478 e. The van der Waals surface area contributed by atoms with E-state index in [0.29, 0.717) is 6.07 Å². The zero-order valence-electron chi connectivity index (χ0n) is 10.3. The molecule has 0 unspecified atom stereocenters. The molecular formula is C12H12F2N2O3. The number of H-pyrrole nitrogens is 1. The van der Waals surface area contributed by atoms with Gasteiger partial charge in [-0.1, -0.05) is 0 Å². The lowest BCUT2D eigenvalue weighted by molar-refractivity contribution is 0.0698. The van der Waals surface area contributed by atoms with Crippen LogP contribution in [0.15, 0.2) is 6.07 Å². The van der Waals surface area contributed by atoms with Gasteiger partial charge in [-0.2, -0.15) is 0 Å². The van der Waals surface area contributed by atoms with Crippen LogP contribution in [0.4, 0.5) is 8.78 Å². The molecule has 2 aromatic rings. The second kappa shape index (κ2) is 4.27. The summed E-state index contributed by atoms with van der Waals surface area (Å²) in [5, 5.41) is 18.6. The summed E-state index contributed by atoms with van der Waals surface area (Å²) in [5.41, 5.74) is -1.97. The molecule has 0 fully saturated rings. The first-order chi connectivity index (χ1) is 8.69. The zero-order chi connectivity index (χ0) is 14.4. The smallest absolute Gasteiger partial charge is 0.338 e. The Bertz CT molecular complexity index is 659. The Labute approximate surface area is 106 Å². The number of imidazole rings is 1. The lowest BCUT2D eigenvalue weighted by atomic mass is 10.1. The van der Waals surface area contributed by atoms with Gasteiger partial charge in [-0.05, 0) is 19.9 Å². The highest BCUT2D eigenvalue weighted by atomic mass is 19.2. The summed E-state index contributed by atoms with van der Waals surface area (Å²) in [6, 6.07) is 0.603. The summed E-state index contributed by atoms with van der Waals surface area (Å²) in [7, 11) is 0. The first kappa shape index (κ1) is 13.4. The lowest BCUT2D eigenvalue weighted by Gasteiger charge is -2.14.